The summed E-state index contributed by atoms with van der Waals surface area (Å²) in [6.07, 6.45) is 0. The number of hydrogen-bond donors (Lipinski definition) is 0. The van der Waals surface area contributed by atoms with Crippen LogP contribution in [0, 0.1) is 20.8 Å². The van der Waals surface area contributed by atoms with Gasteiger partial charge in [-0.15, -0.1) is 11.3 Å². The van der Waals surface area contributed by atoms with E-state index in [0.29, 0.717) is 32.0 Å². The molecule has 0 saturated carbocycles. The lowest BCUT2D eigenvalue weighted by Crippen LogP contribution is -2.14. The molecule has 0 atom stereocenters. The Balaban J connectivity index is 1.76. The van der Waals surface area contributed by atoms with Gasteiger partial charge in [0.15, 0.2) is 12.4 Å². The molecule has 0 radical (unpaired) electrons. The summed E-state index contributed by atoms with van der Waals surface area (Å²) in [6, 6.07) is 6.71. The van der Waals surface area contributed by atoms with Crippen molar-refractivity contribution in [3.8, 4) is 5.82 Å². The maximum atomic E-state index is 12.5. The quantitative estimate of drug-likeness (QED) is 0.492. The topological polar surface area (TPSA) is 74.3 Å². The minimum atomic E-state index is -0.564. The Morgan fingerprint density at radius 3 is 2.64 bits per heavy atom. The molecular formula is C17H15ClN2O4S. The molecule has 0 amide bonds. The van der Waals surface area contributed by atoms with E-state index in [1.54, 1.807) is 31.2 Å². The van der Waals surface area contributed by atoms with E-state index in [9.17, 15) is 9.59 Å². The number of ketones is 1. The highest BCUT2D eigenvalue weighted by Gasteiger charge is 2.20. The highest BCUT2D eigenvalue weighted by Crippen LogP contribution is 2.23. The molecule has 0 aliphatic rings. The number of carbonyl (C=O) groups is 2. The zero-order chi connectivity index (χ0) is 18.1. The van der Waals surface area contributed by atoms with Crippen LogP contribution in [0.2, 0.25) is 4.34 Å². The Labute approximate surface area is 152 Å². The van der Waals surface area contributed by atoms with Crippen molar-refractivity contribution in [2.24, 2.45) is 0 Å². The lowest BCUT2D eigenvalue weighted by atomic mass is 10.1. The summed E-state index contributed by atoms with van der Waals surface area (Å²) in [5.41, 5.74) is 2.03. The van der Waals surface area contributed by atoms with Gasteiger partial charge in [-0.25, -0.2) is 4.79 Å². The van der Waals surface area contributed by atoms with Gasteiger partial charge in [-0.05, 0) is 39.0 Å². The third-order valence-corrected chi connectivity index (χ3v) is 4.90. The molecule has 25 heavy (non-hydrogen) atoms. The molecule has 0 unspecified atom stereocenters. The third kappa shape index (κ3) is 3.52. The SMILES string of the molecule is Cc1cc(-n2c(C)cc(C(=O)COC(=O)c3ccc(Cl)s3)c2C)no1. The number of aromatic nitrogens is 2. The maximum absolute atomic E-state index is 12.5. The van der Waals surface area contributed by atoms with Crippen LogP contribution in [0.15, 0.2) is 28.8 Å². The van der Waals surface area contributed by atoms with Crippen molar-refractivity contribution < 1.29 is 18.8 Å². The van der Waals surface area contributed by atoms with Crippen molar-refractivity contribution in [3.63, 3.8) is 0 Å². The van der Waals surface area contributed by atoms with Crippen LogP contribution >= 0.6 is 22.9 Å². The standard InChI is InChI=1S/C17H15ClN2O4S/c1-9-6-12(11(3)20(9)16-7-10(2)24-19-16)13(21)8-23-17(22)14-4-5-15(18)25-14/h4-7H,8H2,1-3H3. The van der Waals surface area contributed by atoms with Crippen molar-refractivity contribution in [1.82, 2.24) is 9.72 Å². The number of Topliss-reactive ketones (excluding diaryl/α,β-unsaturated/α-hetero) is 1. The van der Waals surface area contributed by atoms with Crippen molar-refractivity contribution in [1.29, 1.82) is 0 Å². The predicted octanol–water partition coefficient (Wildman–Crippen LogP) is 4.15. The van der Waals surface area contributed by atoms with E-state index in [0.717, 1.165) is 17.0 Å². The number of thiophene rings is 1. The fourth-order valence-electron chi connectivity index (χ4n) is 2.56. The summed E-state index contributed by atoms with van der Waals surface area (Å²) in [5, 5.41) is 3.98. The number of rotatable bonds is 5. The second-order valence-corrected chi connectivity index (χ2v) is 7.23. The van der Waals surface area contributed by atoms with E-state index in [-0.39, 0.29) is 12.4 Å². The van der Waals surface area contributed by atoms with Gasteiger partial charge in [0.2, 0.25) is 5.78 Å². The fraction of sp³-hybridized carbons (Fsp3) is 0.235. The monoisotopic (exact) mass is 378 g/mol. The molecule has 0 N–H and O–H groups in total. The molecule has 3 rings (SSSR count). The van der Waals surface area contributed by atoms with Crippen LogP contribution in [0.25, 0.3) is 5.82 Å². The summed E-state index contributed by atoms with van der Waals surface area (Å²) in [7, 11) is 0. The molecule has 0 saturated heterocycles. The smallest absolute Gasteiger partial charge is 0.348 e. The number of esters is 1. The minimum Gasteiger partial charge on any atom is -0.453 e. The summed E-state index contributed by atoms with van der Waals surface area (Å²) >= 11 is 6.90. The van der Waals surface area contributed by atoms with Gasteiger partial charge in [0.25, 0.3) is 0 Å². The lowest BCUT2D eigenvalue weighted by molar-refractivity contribution is 0.0479. The van der Waals surface area contributed by atoms with E-state index < -0.39 is 5.97 Å². The van der Waals surface area contributed by atoms with E-state index in [2.05, 4.69) is 5.16 Å². The number of carbonyl (C=O) groups excluding carboxylic acids is 2. The highest BCUT2D eigenvalue weighted by atomic mass is 35.5. The Kier molecular flexibility index (Phi) is 4.78. The number of halogens is 1. The molecule has 3 aromatic heterocycles. The van der Waals surface area contributed by atoms with E-state index in [1.807, 2.05) is 18.4 Å². The van der Waals surface area contributed by atoms with Crippen LogP contribution in [0.1, 0.15) is 37.2 Å². The first-order valence-electron chi connectivity index (χ1n) is 7.45. The summed E-state index contributed by atoms with van der Waals surface area (Å²) < 4.78 is 12.5. The van der Waals surface area contributed by atoms with E-state index >= 15 is 0 Å². The summed E-state index contributed by atoms with van der Waals surface area (Å²) in [5.74, 6) is 0.442. The van der Waals surface area contributed by atoms with Gasteiger partial charge < -0.3 is 9.26 Å². The zero-order valence-electron chi connectivity index (χ0n) is 13.8. The average Bonchev–Trinajstić information content (AvgIpc) is 3.25. The third-order valence-electron chi connectivity index (χ3n) is 3.68. The van der Waals surface area contributed by atoms with Crippen LogP contribution in [-0.2, 0) is 4.74 Å². The first kappa shape index (κ1) is 17.4. The Hall–Kier alpha value is -2.38. The van der Waals surface area contributed by atoms with Crippen LogP contribution in [0.5, 0.6) is 0 Å². The van der Waals surface area contributed by atoms with E-state index in [4.69, 9.17) is 20.9 Å². The average molecular weight is 379 g/mol. The molecule has 0 fully saturated rings. The second-order valence-electron chi connectivity index (χ2n) is 5.52. The lowest BCUT2D eigenvalue weighted by Gasteiger charge is -2.05. The predicted molar refractivity (Wildman–Crippen MR) is 94.0 cm³/mol. The Morgan fingerprint density at radius 1 is 1.28 bits per heavy atom. The highest BCUT2D eigenvalue weighted by molar-refractivity contribution is 7.17. The fourth-order valence-corrected chi connectivity index (χ4v) is 3.50. The van der Waals surface area contributed by atoms with Gasteiger partial charge in [-0.3, -0.25) is 9.36 Å². The zero-order valence-corrected chi connectivity index (χ0v) is 15.4. The first-order chi connectivity index (χ1) is 11.9. The first-order valence-corrected chi connectivity index (χ1v) is 8.64. The molecule has 3 heterocycles. The number of ether oxygens (including phenoxy) is 1. The number of hydrogen-bond acceptors (Lipinski definition) is 6. The Bertz CT molecular complexity index is 954. The van der Waals surface area contributed by atoms with Crippen LogP contribution in [0.4, 0.5) is 0 Å². The number of nitrogens with zero attached hydrogens (tertiary/aromatic N) is 2. The van der Waals surface area contributed by atoms with Crippen LogP contribution < -0.4 is 0 Å². The molecule has 0 bridgehead atoms. The normalized spacial score (nSPS) is 10.9. The molecule has 8 heteroatoms. The second kappa shape index (κ2) is 6.85. The molecule has 3 aromatic rings. The van der Waals surface area contributed by atoms with Gasteiger partial charge >= 0.3 is 5.97 Å². The van der Waals surface area contributed by atoms with Gasteiger partial charge in [-0.1, -0.05) is 16.8 Å². The number of aryl methyl sites for hydroxylation is 2. The van der Waals surface area contributed by atoms with Crippen molar-refractivity contribution in [3.05, 3.63) is 56.2 Å². The molecular weight excluding hydrogens is 364 g/mol. The summed E-state index contributed by atoms with van der Waals surface area (Å²) in [4.78, 5) is 24.7. The largest absolute Gasteiger partial charge is 0.453 e. The molecule has 6 nitrogen and oxygen atoms in total. The van der Waals surface area contributed by atoms with Gasteiger partial charge in [0, 0.05) is 23.0 Å². The van der Waals surface area contributed by atoms with Gasteiger partial charge in [0.1, 0.15) is 10.6 Å². The molecule has 0 aliphatic carbocycles. The van der Waals surface area contributed by atoms with Gasteiger partial charge in [0.05, 0.1) is 4.34 Å². The molecule has 0 aliphatic heterocycles. The summed E-state index contributed by atoms with van der Waals surface area (Å²) in [6.45, 7) is 5.14. The van der Waals surface area contributed by atoms with Crippen molar-refractivity contribution in [2.45, 2.75) is 20.8 Å². The van der Waals surface area contributed by atoms with Crippen LogP contribution in [0.3, 0.4) is 0 Å². The van der Waals surface area contributed by atoms with Gasteiger partial charge in [-0.2, -0.15) is 0 Å². The molecule has 0 aromatic carbocycles. The van der Waals surface area contributed by atoms with Crippen molar-refractivity contribution >= 4 is 34.7 Å². The van der Waals surface area contributed by atoms with Crippen molar-refractivity contribution in [2.75, 3.05) is 6.61 Å². The van der Waals surface area contributed by atoms with Crippen LogP contribution in [-0.4, -0.2) is 28.1 Å². The van der Waals surface area contributed by atoms with E-state index in [1.165, 1.54) is 0 Å². The molecule has 0 spiro atoms. The maximum Gasteiger partial charge on any atom is 0.348 e. The minimum absolute atomic E-state index is 0.282. The molecule has 130 valence electrons. The Morgan fingerprint density at radius 2 is 2.04 bits per heavy atom.